The summed E-state index contributed by atoms with van der Waals surface area (Å²) in [6.07, 6.45) is 0. The predicted octanol–water partition coefficient (Wildman–Crippen LogP) is 0.914. The third-order valence-corrected chi connectivity index (χ3v) is 5.74. The lowest BCUT2D eigenvalue weighted by Gasteiger charge is -2.28. The van der Waals surface area contributed by atoms with Crippen LogP contribution in [-0.2, 0) is 21.4 Å². The fourth-order valence-electron chi connectivity index (χ4n) is 2.46. The topological polar surface area (TPSA) is 130 Å². The molecule has 2 aromatic rings. The molecule has 1 unspecified atom stereocenters. The van der Waals surface area contributed by atoms with Gasteiger partial charge in [0, 0.05) is 12.2 Å². The van der Waals surface area contributed by atoms with Gasteiger partial charge in [-0.25, -0.2) is 8.42 Å². The van der Waals surface area contributed by atoms with E-state index in [9.17, 15) is 23.4 Å². The van der Waals surface area contributed by atoms with Crippen molar-refractivity contribution in [2.24, 2.45) is 0 Å². The summed E-state index contributed by atoms with van der Waals surface area (Å²) < 4.78 is 32.1. The molecule has 140 valence electrons. The Morgan fingerprint density at radius 1 is 1.19 bits per heavy atom. The summed E-state index contributed by atoms with van der Waals surface area (Å²) in [4.78, 5) is 11.4. The molecule has 26 heavy (non-hydrogen) atoms. The Bertz CT molecular complexity index is 884. The van der Waals surface area contributed by atoms with Crippen molar-refractivity contribution in [1.29, 1.82) is 0 Å². The van der Waals surface area contributed by atoms with E-state index in [0.717, 1.165) is 0 Å². The molecule has 4 N–H and O–H groups in total. The van der Waals surface area contributed by atoms with Gasteiger partial charge in [0.25, 0.3) is 0 Å². The molecule has 0 heterocycles. The van der Waals surface area contributed by atoms with Crippen LogP contribution in [0.2, 0.25) is 0 Å². The minimum atomic E-state index is -4.30. The fraction of sp³-hybridized carbons (Fsp3) is 0.235. The van der Waals surface area contributed by atoms with Gasteiger partial charge >= 0.3 is 5.97 Å². The van der Waals surface area contributed by atoms with Crippen molar-refractivity contribution in [1.82, 2.24) is 4.31 Å². The number of carboxylic acids is 1. The maximum Gasteiger partial charge on any atom is 0.324 e. The van der Waals surface area contributed by atoms with E-state index in [0.29, 0.717) is 15.6 Å². The highest BCUT2D eigenvalue weighted by Crippen LogP contribution is 2.29. The predicted molar refractivity (Wildman–Crippen MR) is 95.1 cm³/mol. The normalized spacial score (nSPS) is 12.7. The quantitative estimate of drug-likeness (QED) is 0.580. The van der Waals surface area contributed by atoms with Gasteiger partial charge in [-0.15, -0.1) is 0 Å². The molecular formula is C17H20N2O6S. The smallest absolute Gasteiger partial charge is 0.324 e. The van der Waals surface area contributed by atoms with Crippen LogP contribution in [0.4, 0.5) is 5.69 Å². The average molecular weight is 380 g/mol. The molecule has 0 aliphatic carbocycles. The summed E-state index contributed by atoms with van der Waals surface area (Å²) in [6.45, 7) is -1.21. The number of nitrogen functional groups attached to an aromatic ring is 1. The Morgan fingerprint density at radius 3 is 2.38 bits per heavy atom. The monoisotopic (exact) mass is 380 g/mol. The van der Waals surface area contributed by atoms with Gasteiger partial charge < -0.3 is 20.7 Å². The summed E-state index contributed by atoms with van der Waals surface area (Å²) in [5.74, 6) is -1.40. The highest BCUT2D eigenvalue weighted by Gasteiger charge is 2.37. The van der Waals surface area contributed by atoms with E-state index in [1.807, 2.05) is 0 Å². The number of hydrogen-bond acceptors (Lipinski definition) is 6. The number of sulfonamides is 1. The summed E-state index contributed by atoms with van der Waals surface area (Å²) in [5.41, 5.74) is 6.61. The SMILES string of the molecule is COc1ccccc1S(=O)(=O)N(Cc1ccccc1N)C(CO)C(=O)O. The molecule has 8 nitrogen and oxygen atoms in total. The number of nitrogens with zero attached hydrogens (tertiary/aromatic N) is 1. The van der Waals surface area contributed by atoms with Crippen LogP contribution in [0.1, 0.15) is 5.56 Å². The standard InChI is InChI=1S/C17H20N2O6S/c1-25-15-8-4-5-9-16(15)26(23,24)19(14(11-20)17(21)22)10-12-6-2-3-7-13(12)18/h2-9,14,20H,10-11,18H2,1H3,(H,21,22). The van der Waals surface area contributed by atoms with Gasteiger partial charge in [-0.05, 0) is 23.8 Å². The first-order valence-corrected chi connectivity index (χ1v) is 9.08. The molecule has 0 saturated heterocycles. The molecule has 0 bridgehead atoms. The second-order valence-corrected chi connectivity index (χ2v) is 7.30. The number of aliphatic carboxylic acids is 1. The minimum absolute atomic E-state index is 0.0700. The first kappa shape index (κ1) is 19.7. The number of nitrogens with two attached hydrogens (primary N) is 1. The number of ether oxygens (including phenoxy) is 1. The highest BCUT2D eigenvalue weighted by molar-refractivity contribution is 7.89. The van der Waals surface area contributed by atoms with E-state index < -0.39 is 28.6 Å². The van der Waals surface area contributed by atoms with Gasteiger partial charge in [0.15, 0.2) is 0 Å². The number of benzene rings is 2. The Kier molecular flexibility index (Phi) is 6.19. The zero-order valence-corrected chi connectivity index (χ0v) is 14.9. The van der Waals surface area contributed by atoms with Crippen LogP contribution in [0.3, 0.4) is 0 Å². The van der Waals surface area contributed by atoms with Crippen LogP contribution < -0.4 is 10.5 Å². The van der Waals surface area contributed by atoms with Crippen molar-refractivity contribution in [2.45, 2.75) is 17.5 Å². The molecule has 9 heteroatoms. The van der Waals surface area contributed by atoms with Crippen LogP contribution in [0.25, 0.3) is 0 Å². The number of aliphatic hydroxyl groups is 1. The van der Waals surface area contributed by atoms with Crippen molar-refractivity contribution in [3.8, 4) is 5.75 Å². The number of methoxy groups -OCH3 is 1. The molecule has 0 aliphatic heterocycles. The lowest BCUT2D eigenvalue weighted by Crippen LogP contribution is -2.46. The van der Waals surface area contributed by atoms with Crippen molar-refractivity contribution >= 4 is 21.7 Å². The van der Waals surface area contributed by atoms with Crippen molar-refractivity contribution in [3.63, 3.8) is 0 Å². The molecule has 0 radical (unpaired) electrons. The average Bonchev–Trinajstić information content (AvgIpc) is 2.62. The minimum Gasteiger partial charge on any atom is -0.495 e. The zero-order valence-electron chi connectivity index (χ0n) is 14.1. The van der Waals surface area contributed by atoms with Crippen molar-refractivity contribution in [2.75, 3.05) is 19.5 Å². The van der Waals surface area contributed by atoms with Crippen molar-refractivity contribution < 1.29 is 28.2 Å². The lowest BCUT2D eigenvalue weighted by molar-refractivity contribution is -0.142. The number of rotatable bonds is 8. The van der Waals surface area contributed by atoms with Crippen molar-refractivity contribution in [3.05, 3.63) is 54.1 Å². The first-order valence-electron chi connectivity index (χ1n) is 7.64. The number of carboxylic acid groups (broad SMARTS) is 1. The van der Waals surface area contributed by atoms with E-state index in [-0.39, 0.29) is 17.2 Å². The van der Waals surface area contributed by atoms with Gasteiger partial charge in [0.05, 0.1) is 13.7 Å². The fourth-order valence-corrected chi connectivity index (χ4v) is 4.17. The molecule has 2 aromatic carbocycles. The summed E-state index contributed by atoms with van der Waals surface area (Å²) in [7, 11) is -2.99. The summed E-state index contributed by atoms with van der Waals surface area (Å²) in [5, 5.41) is 18.9. The summed E-state index contributed by atoms with van der Waals surface area (Å²) in [6, 6.07) is 10.7. The number of hydrogen-bond donors (Lipinski definition) is 3. The Morgan fingerprint density at radius 2 is 1.81 bits per heavy atom. The summed E-state index contributed by atoms with van der Waals surface area (Å²) >= 11 is 0. The van der Waals surface area contributed by atoms with E-state index >= 15 is 0 Å². The van der Waals surface area contributed by atoms with Crippen LogP contribution in [-0.4, -0.2) is 48.7 Å². The van der Waals surface area contributed by atoms with Gasteiger partial charge in [-0.1, -0.05) is 30.3 Å². The zero-order chi connectivity index (χ0) is 19.3. The molecule has 0 spiro atoms. The lowest BCUT2D eigenvalue weighted by atomic mass is 10.1. The second kappa shape index (κ2) is 8.17. The Hall–Kier alpha value is -2.62. The number of anilines is 1. The Balaban J connectivity index is 2.59. The van der Waals surface area contributed by atoms with Crippen LogP contribution >= 0.6 is 0 Å². The Labute approximate surface area is 151 Å². The van der Waals surface area contributed by atoms with Gasteiger partial charge in [-0.2, -0.15) is 4.31 Å². The van der Waals surface area contributed by atoms with E-state index in [4.69, 9.17) is 10.5 Å². The maximum absolute atomic E-state index is 13.2. The molecule has 0 aromatic heterocycles. The highest BCUT2D eigenvalue weighted by atomic mass is 32.2. The third kappa shape index (κ3) is 3.96. The number of para-hydroxylation sites is 2. The molecule has 0 amide bonds. The molecular weight excluding hydrogens is 360 g/mol. The molecule has 0 fully saturated rings. The number of aliphatic hydroxyl groups excluding tert-OH is 1. The van der Waals surface area contributed by atoms with Gasteiger partial charge in [0.1, 0.15) is 16.7 Å². The number of carbonyl (C=O) groups is 1. The van der Waals surface area contributed by atoms with E-state index in [1.54, 1.807) is 30.3 Å². The molecule has 0 saturated carbocycles. The molecule has 2 rings (SSSR count). The van der Waals surface area contributed by atoms with Gasteiger partial charge in [0.2, 0.25) is 10.0 Å². The van der Waals surface area contributed by atoms with Crippen LogP contribution in [0.15, 0.2) is 53.4 Å². The van der Waals surface area contributed by atoms with Gasteiger partial charge in [-0.3, -0.25) is 4.79 Å². The van der Waals surface area contributed by atoms with E-state index in [2.05, 4.69) is 0 Å². The maximum atomic E-state index is 13.2. The first-order chi connectivity index (χ1) is 12.3. The van der Waals surface area contributed by atoms with Crippen LogP contribution in [0.5, 0.6) is 5.75 Å². The van der Waals surface area contributed by atoms with E-state index in [1.165, 1.54) is 25.3 Å². The molecule has 0 aliphatic rings. The second-order valence-electron chi connectivity index (χ2n) is 5.44. The largest absolute Gasteiger partial charge is 0.495 e. The molecule has 1 atom stereocenters. The third-order valence-electron chi connectivity index (χ3n) is 3.84. The van der Waals surface area contributed by atoms with Crippen LogP contribution in [0, 0.1) is 0 Å².